The number of rotatable bonds is 5. The first kappa shape index (κ1) is 19.6. The van der Waals surface area contributed by atoms with E-state index in [9.17, 15) is 9.59 Å². The first-order chi connectivity index (χ1) is 14.4. The Bertz CT molecular complexity index is 1140. The molecule has 0 saturated carbocycles. The average molecular weight is 405 g/mol. The number of nitrogens with zero attached hydrogens (tertiary/aromatic N) is 4. The maximum atomic E-state index is 13.2. The third-order valence-corrected chi connectivity index (χ3v) is 5.49. The molecule has 4 rings (SSSR count). The summed E-state index contributed by atoms with van der Waals surface area (Å²) in [6, 6.07) is 12.5. The van der Waals surface area contributed by atoms with Crippen LogP contribution in [0.4, 0.5) is 4.79 Å². The van der Waals surface area contributed by atoms with Crippen molar-refractivity contribution < 1.29 is 14.1 Å². The van der Waals surface area contributed by atoms with Crippen LogP contribution < -0.4 is 5.32 Å². The van der Waals surface area contributed by atoms with Gasteiger partial charge in [0.1, 0.15) is 11.3 Å². The summed E-state index contributed by atoms with van der Waals surface area (Å²) in [5.41, 5.74) is 2.23. The lowest BCUT2D eigenvalue weighted by Crippen LogP contribution is -2.43. The summed E-state index contributed by atoms with van der Waals surface area (Å²) in [6.45, 7) is 7.56. The summed E-state index contributed by atoms with van der Waals surface area (Å²) in [6.07, 6.45) is 1.95. The number of hydrogen-bond acceptors (Lipinski definition) is 5. The van der Waals surface area contributed by atoms with E-state index in [1.165, 1.54) is 6.21 Å². The van der Waals surface area contributed by atoms with Crippen LogP contribution in [0, 0.1) is 20.8 Å². The van der Waals surface area contributed by atoms with Crippen LogP contribution in [0.3, 0.4) is 0 Å². The lowest BCUT2D eigenvalue weighted by atomic mass is 9.87. The molecule has 3 aromatic rings. The van der Waals surface area contributed by atoms with Crippen molar-refractivity contribution in [2.24, 2.45) is 5.10 Å². The molecule has 1 aromatic carbocycles. The van der Waals surface area contributed by atoms with Crippen LogP contribution >= 0.6 is 0 Å². The lowest BCUT2D eigenvalue weighted by molar-refractivity contribution is -0.131. The van der Waals surface area contributed by atoms with Gasteiger partial charge in [-0.2, -0.15) is 5.10 Å². The molecule has 0 unspecified atom stereocenters. The Morgan fingerprint density at radius 1 is 1.17 bits per heavy atom. The van der Waals surface area contributed by atoms with Gasteiger partial charge in [-0.1, -0.05) is 42.4 Å². The predicted octanol–water partition coefficient (Wildman–Crippen LogP) is 3.58. The third kappa shape index (κ3) is 3.01. The number of carbonyl (C=O) groups is 2. The second kappa shape index (κ2) is 7.29. The first-order valence-corrected chi connectivity index (χ1v) is 9.76. The van der Waals surface area contributed by atoms with Gasteiger partial charge >= 0.3 is 6.03 Å². The van der Waals surface area contributed by atoms with Gasteiger partial charge in [-0.25, -0.2) is 4.79 Å². The van der Waals surface area contributed by atoms with Gasteiger partial charge in [-0.15, -0.1) is 5.01 Å². The molecular formula is C22H23N5O3. The zero-order chi connectivity index (χ0) is 21.5. The van der Waals surface area contributed by atoms with Crippen molar-refractivity contribution in [3.05, 3.63) is 70.7 Å². The fourth-order valence-corrected chi connectivity index (χ4v) is 3.88. The highest BCUT2D eigenvalue weighted by Crippen LogP contribution is 2.32. The molecule has 154 valence electrons. The van der Waals surface area contributed by atoms with Crippen molar-refractivity contribution in [2.45, 2.75) is 39.7 Å². The largest absolute Gasteiger partial charge is 0.360 e. The molecule has 3 heterocycles. The molecule has 1 saturated heterocycles. The van der Waals surface area contributed by atoms with Crippen molar-refractivity contribution in [2.75, 3.05) is 0 Å². The molecule has 8 nitrogen and oxygen atoms in total. The van der Waals surface area contributed by atoms with E-state index in [1.54, 1.807) is 0 Å². The van der Waals surface area contributed by atoms with E-state index in [4.69, 9.17) is 4.52 Å². The van der Waals surface area contributed by atoms with Gasteiger partial charge in [0.15, 0.2) is 5.82 Å². The molecule has 1 aliphatic rings. The topological polar surface area (TPSA) is 92.7 Å². The zero-order valence-electron chi connectivity index (χ0n) is 17.3. The van der Waals surface area contributed by atoms with E-state index >= 15 is 0 Å². The highest BCUT2D eigenvalue weighted by molar-refractivity contribution is 6.07. The summed E-state index contributed by atoms with van der Waals surface area (Å²) < 4.78 is 7.11. The van der Waals surface area contributed by atoms with Crippen molar-refractivity contribution >= 4 is 18.2 Å². The van der Waals surface area contributed by atoms with Gasteiger partial charge in [0.2, 0.25) is 0 Å². The van der Waals surface area contributed by atoms with Crippen molar-refractivity contribution in [3.8, 4) is 5.82 Å². The van der Waals surface area contributed by atoms with E-state index in [2.05, 4.69) is 15.6 Å². The third-order valence-electron chi connectivity index (χ3n) is 5.49. The van der Waals surface area contributed by atoms with Crippen LogP contribution in [0.1, 0.15) is 41.6 Å². The Labute approximate surface area is 174 Å². The Balaban J connectivity index is 1.65. The minimum absolute atomic E-state index is 0.390. The molecule has 30 heavy (non-hydrogen) atoms. The van der Waals surface area contributed by atoms with E-state index in [1.807, 2.05) is 74.7 Å². The molecule has 0 bridgehead atoms. The number of nitrogens with one attached hydrogen (secondary N) is 1. The van der Waals surface area contributed by atoms with Crippen molar-refractivity contribution in [1.29, 1.82) is 0 Å². The summed E-state index contributed by atoms with van der Waals surface area (Å²) in [7, 11) is 0. The molecule has 0 radical (unpaired) electrons. The van der Waals surface area contributed by atoms with Crippen LogP contribution in [0.5, 0.6) is 0 Å². The summed E-state index contributed by atoms with van der Waals surface area (Å²) >= 11 is 0. The number of benzene rings is 1. The fourth-order valence-electron chi connectivity index (χ4n) is 3.88. The highest BCUT2D eigenvalue weighted by Gasteiger charge is 2.51. The maximum Gasteiger partial charge on any atom is 0.346 e. The van der Waals surface area contributed by atoms with Crippen LogP contribution in [-0.2, 0) is 10.3 Å². The number of carbonyl (C=O) groups excluding carboxylic acids is 2. The number of amides is 3. The molecule has 3 amide bonds. The van der Waals surface area contributed by atoms with E-state index in [0.717, 1.165) is 27.5 Å². The average Bonchev–Trinajstić information content (AvgIpc) is 3.36. The summed E-state index contributed by atoms with van der Waals surface area (Å²) in [4.78, 5) is 25.8. The minimum atomic E-state index is -1.11. The van der Waals surface area contributed by atoms with Gasteiger partial charge in [-0.3, -0.25) is 9.36 Å². The first-order valence-electron chi connectivity index (χ1n) is 9.76. The molecule has 8 heteroatoms. The number of imide groups is 1. The van der Waals surface area contributed by atoms with Crippen LogP contribution in [0.2, 0.25) is 0 Å². The minimum Gasteiger partial charge on any atom is -0.360 e. The second-order valence-corrected chi connectivity index (χ2v) is 7.37. The van der Waals surface area contributed by atoms with Crippen LogP contribution in [0.15, 0.2) is 52.1 Å². The van der Waals surface area contributed by atoms with Gasteiger partial charge in [0.05, 0.1) is 6.21 Å². The highest BCUT2D eigenvalue weighted by atomic mass is 16.5. The molecular weight excluding hydrogens is 382 g/mol. The van der Waals surface area contributed by atoms with Gasteiger partial charge in [0, 0.05) is 23.0 Å². The Morgan fingerprint density at radius 3 is 2.53 bits per heavy atom. The molecule has 0 aliphatic carbocycles. The Kier molecular flexibility index (Phi) is 4.77. The fraction of sp³-hybridized carbons (Fsp3) is 0.273. The van der Waals surface area contributed by atoms with E-state index in [0.29, 0.717) is 18.0 Å². The van der Waals surface area contributed by atoms with Crippen molar-refractivity contribution in [1.82, 2.24) is 20.0 Å². The molecule has 1 N–H and O–H groups in total. The van der Waals surface area contributed by atoms with Gasteiger partial charge in [0.25, 0.3) is 5.91 Å². The Hall–Kier alpha value is -3.68. The Morgan fingerprint density at radius 2 is 1.90 bits per heavy atom. The maximum absolute atomic E-state index is 13.2. The molecule has 2 aromatic heterocycles. The SMILES string of the molecule is CC[C@]1(c2ccccc2)NC(=O)N(/N=C\c2cc(C)n(-c3cc(C)on3)c2C)C1=O. The van der Waals surface area contributed by atoms with Crippen LogP contribution in [-0.4, -0.2) is 32.9 Å². The molecule has 1 atom stereocenters. The standard InChI is InChI=1S/C22H23N5O3/c1-5-22(18-9-7-6-8-10-18)20(28)27(21(29)24-22)23-13-17-11-14(2)26(16(17)4)19-12-15(3)30-25-19/h6-13H,5H2,1-4H3,(H,24,29)/b23-13-/t22-/m1/s1. The number of aromatic nitrogens is 2. The second-order valence-electron chi connectivity index (χ2n) is 7.37. The number of hydrogen-bond donors (Lipinski definition) is 1. The van der Waals surface area contributed by atoms with E-state index in [-0.39, 0.29) is 0 Å². The van der Waals surface area contributed by atoms with Crippen LogP contribution in [0.25, 0.3) is 5.82 Å². The molecule has 1 fully saturated rings. The summed E-state index contributed by atoms with van der Waals surface area (Å²) in [5.74, 6) is 0.994. The predicted molar refractivity (Wildman–Crippen MR) is 111 cm³/mol. The van der Waals surface area contributed by atoms with Crippen molar-refractivity contribution in [3.63, 3.8) is 0 Å². The normalized spacial score (nSPS) is 19.1. The van der Waals surface area contributed by atoms with Gasteiger partial charge in [-0.05, 0) is 38.8 Å². The summed E-state index contributed by atoms with van der Waals surface area (Å²) in [5, 5.41) is 12.0. The number of aryl methyl sites for hydroxylation is 2. The number of urea groups is 1. The quantitative estimate of drug-likeness (QED) is 0.519. The number of hydrazone groups is 1. The zero-order valence-corrected chi connectivity index (χ0v) is 17.3. The molecule has 0 spiro atoms. The molecule has 1 aliphatic heterocycles. The smallest absolute Gasteiger partial charge is 0.346 e. The van der Waals surface area contributed by atoms with E-state index < -0.39 is 17.5 Å². The monoisotopic (exact) mass is 405 g/mol. The lowest BCUT2D eigenvalue weighted by Gasteiger charge is -2.24. The van der Waals surface area contributed by atoms with Gasteiger partial charge < -0.3 is 9.84 Å².